The highest BCUT2D eigenvalue weighted by atomic mass is 16.6. The second kappa shape index (κ2) is 7.06. The van der Waals surface area contributed by atoms with Crippen molar-refractivity contribution in [3.8, 4) is 0 Å². The minimum Gasteiger partial charge on any atom is -0.371 e. The van der Waals surface area contributed by atoms with Gasteiger partial charge in [0, 0.05) is 37.6 Å². The smallest absolute Gasteiger partial charge is 0.270 e. The summed E-state index contributed by atoms with van der Waals surface area (Å²) in [7, 11) is 0. The Morgan fingerprint density at radius 3 is 2.78 bits per heavy atom. The molecule has 0 bridgehead atoms. The first-order valence-electron chi connectivity index (χ1n) is 8.86. The zero-order chi connectivity index (χ0) is 18.8. The highest BCUT2D eigenvalue weighted by molar-refractivity contribution is 6.00. The van der Waals surface area contributed by atoms with E-state index in [1.807, 2.05) is 35.0 Å². The van der Waals surface area contributed by atoms with E-state index in [1.54, 1.807) is 6.07 Å². The second-order valence-corrected chi connectivity index (χ2v) is 6.53. The maximum atomic E-state index is 12.8. The first-order chi connectivity index (χ1) is 13.1. The lowest BCUT2D eigenvalue weighted by Crippen LogP contribution is -2.27. The lowest BCUT2D eigenvalue weighted by atomic mass is 10.1. The van der Waals surface area contributed by atoms with Crippen LogP contribution in [0.1, 0.15) is 28.9 Å². The third-order valence-corrected chi connectivity index (χ3v) is 4.73. The van der Waals surface area contributed by atoms with Gasteiger partial charge in [0.15, 0.2) is 0 Å². The van der Waals surface area contributed by atoms with E-state index < -0.39 is 4.92 Å². The van der Waals surface area contributed by atoms with Gasteiger partial charge in [0.05, 0.1) is 28.4 Å². The maximum absolute atomic E-state index is 12.8. The molecule has 1 saturated heterocycles. The summed E-state index contributed by atoms with van der Waals surface area (Å²) in [6.07, 6.45) is 5.85. The number of rotatable bonds is 5. The molecule has 8 nitrogen and oxygen atoms in total. The Labute approximate surface area is 155 Å². The van der Waals surface area contributed by atoms with E-state index in [9.17, 15) is 14.9 Å². The number of anilines is 1. The van der Waals surface area contributed by atoms with E-state index in [0.717, 1.165) is 43.0 Å². The Morgan fingerprint density at radius 1 is 1.22 bits per heavy atom. The number of nitro groups is 1. The number of aromatic nitrogens is 2. The van der Waals surface area contributed by atoms with Gasteiger partial charge in [0.2, 0.25) is 0 Å². The fraction of sp³-hybridized carbons (Fsp3) is 0.263. The molecule has 2 aromatic heterocycles. The molecule has 3 heterocycles. The van der Waals surface area contributed by atoms with Gasteiger partial charge in [-0.2, -0.15) is 0 Å². The third-order valence-electron chi connectivity index (χ3n) is 4.73. The largest absolute Gasteiger partial charge is 0.371 e. The number of carbonyl (C=O) groups excluding carboxylic acids is 1. The number of nitro benzene ring substituents is 1. The van der Waals surface area contributed by atoms with Gasteiger partial charge in [-0.3, -0.25) is 14.9 Å². The number of hydrogen-bond donors (Lipinski definition) is 1. The number of amides is 1. The van der Waals surface area contributed by atoms with Crippen LogP contribution in [0.15, 0.2) is 48.8 Å². The fourth-order valence-corrected chi connectivity index (χ4v) is 3.39. The molecule has 0 aliphatic carbocycles. The molecule has 8 heteroatoms. The van der Waals surface area contributed by atoms with E-state index in [4.69, 9.17) is 0 Å². The minimum atomic E-state index is -0.480. The zero-order valence-corrected chi connectivity index (χ0v) is 14.7. The molecular formula is C19H19N5O3. The van der Waals surface area contributed by atoms with Gasteiger partial charge >= 0.3 is 0 Å². The van der Waals surface area contributed by atoms with E-state index in [-0.39, 0.29) is 18.1 Å². The average molecular weight is 365 g/mol. The molecule has 1 aliphatic heterocycles. The van der Waals surface area contributed by atoms with Crippen molar-refractivity contribution in [2.45, 2.75) is 19.4 Å². The van der Waals surface area contributed by atoms with Crippen molar-refractivity contribution >= 4 is 22.9 Å². The quantitative estimate of drug-likeness (QED) is 0.554. The standard InChI is InChI=1S/C19H19N5O3/c25-19(20-12-14-13-23-10-2-1-5-18(23)21-14)16-11-15(24(26)27)6-7-17(16)22-8-3-4-9-22/h1-2,5-7,10-11,13H,3-4,8-9,12H2,(H,20,25). The number of nitrogens with zero attached hydrogens (tertiary/aromatic N) is 4. The minimum absolute atomic E-state index is 0.0872. The van der Waals surface area contributed by atoms with E-state index in [1.165, 1.54) is 12.1 Å². The predicted octanol–water partition coefficient (Wildman–Crippen LogP) is 2.77. The molecule has 1 aromatic carbocycles. The van der Waals surface area contributed by atoms with Crippen LogP contribution in [0, 0.1) is 10.1 Å². The first kappa shape index (κ1) is 17.0. The molecule has 3 aromatic rings. The topological polar surface area (TPSA) is 92.8 Å². The summed E-state index contributed by atoms with van der Waals surface area (Å²) in [5, 5.41) is 14.0. The van der Waals surface area contributed by atoms with Crippen molar-refractivity contribution in [1.82, 2.24) is 14.7 Å². The third kappa shape index (κ3) is 3.46. The van der Waals surface area contributed by atoms with Crippen LogP contribution in [-0.4, -0.2) is 33.3 Å². The Balaban J connectivity index is 1.57. The van der Waals surface area contributed by atoms with Crippen molar-refractivity contribution in [2.24, 2.45) is 0 Å². The van der Waals surface area contributed by atoms with Gasteiger partial charge in [-0.25, -0.2) is 4.98 Å². The Bertz CT molecular complexity index is 975. The van der Waals surface area contributed by atoms with Gasteiger partial charge in [-0.15, -0.1) is 0 Å². The molecule has 0 radical (unpaired) electrons. The van der Waals surface area contributed by atoms with Crippen molar-refractivity contribution in [3.63, 3.8) is 0 Å². The number of non-ortho nitro benzene ring substituents is 1. The van der Waals surface area contributed by atoms with Crippen LogP contribution >= 0.6 is 0 Å². The fourth-order valence-electron chi connectivity index (χ4n) is 3.39. The van der Waals surface area contributed by atoms with Crippen LogP contribution in [0.4, 0.5) is 11.4 Å². The van der Waals surface area contributed by atoms with Crippen molar-refractivity contribution in [2.75, 3.05) is 18.0 Å². The van der Waals surface area contributed by atoms with Gasteiger partial charge in [-0.1, -0.05) is 6.07 Å². The molecule has 0 saturated carbocycles. The zero-order valence-electron chi connectivity index (χ0n) is 14.7. The summed E-state index contributed by atoms with van der Waals surface area (Å²) in [4.78, 5) is 30.0. The van der Waals surface area contributed by atoms with Crippen LogP contribution in [0.3, 0.4) is 0 Å². The Hall–Kier alpha value is -3.42. The van der Waals surface area contributed by atoms with E-state index in [0.29, 0.717) is 5.56 Å². The summed E-state index contributed by atoms with van der Waals surface area (Å²) in [5.74, 6) is -0.336. The van der Waals surface area contributed by atoms with Crippen molar-refractivity contribution in [3.05, 3.63) is 70.2 Å². The van der Waals surface area contributed by atoms with Crippen LogP contribution in [0.5, 0.6) is 0 Å². The molecule has 0 unspecified atom stereocenters. The molecule has 0 spiro atoms. The molecule has 0 atom stereocenters. The molecule has 27 heavy (non-hydrogen) atoms. The van der Waals surface area contributed by atoms with Crippen LogP contribution < -0.4 is 10.2 Å². The normalized spacial score (nSPS) is 13.9. The molecule has 1 amide bonds. The first-order valence-corrected chi connectivity index (χ1v) is 8.86. The number of fused-ring (bicyclic) bond motifs is 1. The summed E-state index contributed by atoms with van der Waals surface area (Å²) >= 11 is 0. The molecule has 138 valence electrons. The van der Waals surface area contributed by atoms with Crippen LogP contribution in [0.2, 0.25) is 0 Å². The highest BCUT2D eigenvalue weighted by Crippen LogP contribution is 2.28. The SMILES string of the molecule is O=C(NCc1cn2ccccc2n1)c1cc([N+](=O)[O-])ccc1N1CCCC1. The maximum Gasteiger partial charge on any atom is 0.270 e. The van der Waals surface area contributed by atoms with Gasteiger partial charge in [0.25, 0.3) is 11.6 Å². The summed E-state index contributed by atoms with van der Waals surface area (Å²) in [5.41, 5.74) is 2.51. The summed E-state index contributed by atoms with van der Waals surface area (Å²) in [6.45, 7) is 1.96. The van der Waals surface area contributed by atoms with Crippen LogP contribution in [0.25, 0.3) is 5.65 Å². The predicted molar refractivity (Wildman–Crippen MR) is 101 cm³/mol. The van der Waals surface area contributed by atoms with Crippen molar-refractivity contribution in [1.29, 1.82) is 0 Å². The number of carbonyl (C=O) groups is 1. The average Bonchev–Trinajstić information content (AvgIpc) is 3.34. The molecular weight excluding hydrogens is 346 g/mol. The summed E-state index contributed by atoms with van der Waals surface area (Å²) < 4.78 is 1.88. The number of benzene rings is 1. The number of imidazole rings is 1. The molecule has 1 N–H and O–H groups in total. The Morgan fingerprint density at radius 2 is 2.04 bits per heavy atom. The molecule has 4 rings (SSSR count). The van der Waals surface area contributed by atoms with Crippen molar-refractivity contribution < 1.29 is 9.72 Å². The van der Waals surface area contributed by atoms with E-state index >= 15 is 0 Å². The highest BCUT2D eigenvalue weighted by Gasteiger charge is 2.22. The van der Waals surface area contributed by atoms with Gasteiger partial charge in [-0.05, 0) is 31.0 Å². The number of hydrogen-bond acceptors (Lipinski definition) is 5. The van der Waals surface area contributed by atoms with E-state index in [2.05, 4.69) is 15.2 Å². The number of nitrogens with one attached hydrogen (secondary N) is 1. The molecule has 1 aliphatic rings. The Kier molecular flexibility index (Phi) is 4.45. The molecule has 1 fully saturated rings. The number of pyridine rings is 1. The lowest BCUT2D eigenvalue weighted by molar-refractivity contribution is -0.384. The van der Waals surface area contributed by atoms with Gasteiger partial charge < -0.3 is 14.6 Å². The second-order valence-electron chi connectivity index (χ2n) is 6.53. The monoisotopic (exact) mass is 365 g/mol. The summed E-state index contributed by atoms with van der Waals surface area (Å²) in [6, 6.07) is 10.2. The lowest BCUT2D eigenvalue weighted by Gasteiger charge is -2.20. The van der Waals surface area contributed by atoms with Crippen LogP contribution in [-0.2, 0) is 6.54 Å². The van der Waals surface area contributed by atoms with Gasteiger partial charge in [0.1, 0.15) is 5.65 Å².